The number of hydrogen-bond donors (Lipinski definition) is 0. The molecule has 15 heavy (non-hydrogen) atoms. The summed E-state index contributed by atoms with van der Waals surface area (Å²) >= 11 is 0. The van der Waals surface area contributed by atoms with E-state index >= 15 is 0 Å². The van der Waals surface area contributed by atoms with Gasteiger partial charge in [-0.15, -0.1) is 0 Å². The largest absolute Gasteiger partial charge is 0.465 e. The Kier molecular flexibility index (Phi) is 2.90. The molecule has 0 N–H and O–H groups in total. The normalized spacial score (nSPS) is 11.5. The first kappa shape index (κ1) is 11.8. The molecule has 1 aromatic rings. The van der Waals surface area contributed by atoms with Gasteiger partial charge in [-0.2, -0.15) is 0 Å². The van der Waals surface area contributed by atoms with Gasteiger partial charge in [0.25, 0.3) is 0 Å². The van der Waals surface area contributed by atoms with Gasteiger partial charge in [0.05, 0.1) is 7.11 Å². The van der Waals surface area contributed by atoms with Crippen molar-refractivity contribution in [2.75, 3.05) is 13.4 Å². The Morgan fingerprint density at radius 2 is 1.80 bits per heavy atom. The Hall–Kier alpha value is -1.30. The van der Waals surface area contributed by atoms with Gasteiger partial charge in [0, 0.05) is 6.26 Å². The van der Waals surface area contributed by atoms with Crippen molar-refractivity contribution in [2.45, 2.75) is 18.7 Å². The van der Waals surface area contributed by atoms with E-state index in [-0.39, 0.29) is 22.0 Å². The number of carbonyl (C=O) groups excluding carboxylic acids is 1. The molecule has 0 spiro atoms. The minimum Gasteiger partial charge on any atom is -0.465 e. The molecule has 0 saturated carbocycles. The lowest BCUT2D eigenvalue weighted by molar-refractivity contribution is 0.0595. The number of aryl methyl sites for hydroxylation is 2. The van der Waals surface area contributed by atoms with Crippen LogP contribution in [0.1, 0.15) is 21.9 Å². The second-order valence-corrected chi connectivity index (χ2v) is 5.13. The van der Waals surface area contributed by atoms with E-state index in [2.05, 4.69) is 4.74 Å². The first-order valence-electron chi connectivity index (χ1n) is 4.17. The molecular formula is C9H12O5S. The molecule has 0 aromatic carbocycles. The molecule has 0 radical (unpaired) electrons. The van der Waals surface area contributed by atoms with Gasteiger partial charge >= 0.3 is 5.97 Å². The van der Waals surface area contributed by atoms with E-state index in [1.165, 1.54) is 21.0 Å². The molecule has 1 heterocycles. The number of esters is 1. The molecule has 0 atom stereocenters. The van der Waals surface area contributed by atoms with Crippen molar-refractivity contribution < 1.29 is 22.4 Å². The molecule has 0 aliphatic carbocycles. The molecule has 0 fully saturated rings. The minimum absolute atomic E-state index is 0.0162. The van der Waals surface area contributed by atoms with E-state index in [0.717, 1.165) is 6.26 Å². The van der Waals surface area contributed by atoms with Gasteiger partial charge in [0.15, 0.2) is 9.84 Å². The maximum Gasteiger partial charge on any atom is 0.342 e. The number of sulfone groups is 1. The Morgan fingerprint density at radius 3 is 2.20 bits per heavy atom. The van der Waals surface area contributed by atoms with E-state index < -0.39 is 15.8 Å². The number of ether oxygens (including phenoxy) is 1. The molecule has 0 unspecified atom stereocenters. The predicted octanol–water partition coefficient (Wildman–Crippen LogP) is 1.09. The van der Waals surface area contributed by atoms with Crippen LogP contribution in [0.15, 0.2) is 9.31 Å². The second-order valence-electron chi connectivity index (χ2n) is 3.18. The van der Waals surface area contributed by atoms with Crippen molar-refractivity contribution in [3.8, 4) is 0 Å². The van der Waals surface area contributed by atoms with E-state index in [9.17, 15) is 13.2 Å². The predicted molar refractivity (Wildman–Crippen MR) is 52.6 cm³/mol. The van der Waals surface area contributed by atoms with Gasteiger partial charge in [0.1, 0.15) is 22.0 Å². The van der Waals surface area contributed by atoms with Crippen molar-refractivity contribution in [1.29, 1.82) is 0 Å². The molecule has 1 aromatic heterocycles. The molecule has 0 saturated heterocycles. The average Bonchev–Trinajstić information content (AvgIpc) is 2.38. The number of rotatable bonds is 2. The number of furan rings is 1. The molecule has 0 aliphatic rings. The third kappa shape index (κ3) is 2.04. The summed E-state index contributed by atoms with van der Waals surface area (Å²) in [7, 11) is -2.30. The molecule has 1 rings (SSSR count). The Bertz CT molecular complexity index is 495. The van der Waals surface area contributed by atoms with E-state index in [0.29, 0.717) is 0 Å². The number of methoxy groups -OCH3 is 1. The monoisotopic (exact) mass is 232 g/mol. The highest BCUT2D eigenvalue weighted by atomic mass is 32.2. The van der Waals surface area contributed by atoms with Crippen LogP contribution >= 0.6 is 0 Å². The zero-order chi connectivity index (χ0) is 11.8. The van der Waals surface area contributed by atoms with Crippen LogP contribution in [-0.2, 0) is 14.6 Å². The number of hydrogen-bond acceptors (Lipinski definition) is 5. The molecule has 6 heteroatoms. The van der Waals surface area contributed by atoms with Crippen LogP contribution in [0.5, 0.6) is 0 Å². The quantitative estimate of drug-likeness (QED) is 0.713. The summed E-state index contributed by atoms with van der Waals surface area (Å²) in [6.07, 6.45) is 1.02. The molecular weight excluding hydrogens is 220 g/mol. The lowest BCUT2D eigenvalue weighted by atomic mass is 10.2. The second kappa shape index (κ2) is 3.69. The highest BCUT2D eigenvalue weighted by Gasteiger charge is 2.28. The fourth-order valence-electron chi connectivity index (χ4n) is 1.45. The molecule has 5 nitrogen and oxygen atoms in total. The fourth-order valence-corrected chi connectivity index (χ4v) is 2.61. The SMILES string of the molecule is COC(=O)c1c(C)oc(C)c1S(C)(=O)=O. The van der Waals surface area contributed by atoms with Crippen LogP contribution in [0.3, 0.4) is 0 Å². The smallest absolute Gasteiger partial charge is 0.342 e. The molecule has 84 valence electrons. The average molecular weight is 232 g/mol. The maximum absolute atomic E-state index is 11.4. The standard InChI is InChI=1S/C9H12O5S/c1-5-7(9(10)13-3)8(6(2)14-5)15(4,11)12/h1-4H3. The Labute approximate surface area is 88.0 Å². The zero-order valence-electron chi connectivity index (χ0n) is 8.95. The summed E-state index contributed by atoms with van der Waals surface area (Å²) in [5.74, 6) is -0.250. The van der Waals surface area contributed by atoms with Gasteiger partial charge in [0.2, 0.25) is 0 Å². The lowest BCUT2D eigenvalue weighted by Gasteiger charge is -2.00. The van der Waals surface area contributed by atoms with Crippen molar-refractivity contribution in [3.05, 3.63) is 17.1 Å². The Balaban J connectivity index is 3.58. The summed E-state index contributed by atoms with van der Waals surface area (Å²) in [5.41, 5.74) is -0.0162. The Morgan fingerprint density at radius 1 is 1.27 bits per heavy atom. The summed E-state index contributed by atoms with van der Waals surface area (Å²) in [6, 6.07) is 0. The van der Waals surface area contributed by atoms with Crippen molar-refractivity contribution in [1.82, 2.24) is 0 Å². The van der Waals surface area contributed by atoms with Crippen LogP contribution in [0.4, 0.5) is 0 Å². The van der Waals surface area contributed by atoms with Gasteiger partial charge in [-0.1, -0.05) is 0 Å². The van der Waals surface area contributed by atoms with Crippen molar-refractivity contribution in [3.63, 3.8) is 0 Å². The minimum atomic E-state index is -3.49. The number of carbonyl (C=O) groups is 1. The molecule has 0 bridgehead atoms. The van der Waals surface area contributed by atoms with Crippen LogP contribution in [0.25, 0.3) is 0 Å². The highest BCUT2D eigenvalue weighted by molar-refractivity contribution is 7.90. The summed E-state index contributed by atoms with van der Waals surface area (Å²) in [4.78, 5) is 11.3. The fraction of sp³-hybridized carbons (Fsp3) is 0.444. The molecule has 0 amide bonds. The topological polar surface area (TPSA) is 73.6 Å². The van der Waals surface area contributed by atoms with Gasteiger partial charge in [-0.3, -0.25) is 0 Å². The third-order valence-corrected chi connectivity index (χ3v) is 3.20. The maximum atomic E-state index is 11.4. The van der Waals surface area contributed by atoms with Crippen LogP contribution < -0.4 is 0 Å². The van der Waals surface area contributed by atoms with E-state index in [1.807, 2.05) is 0 Å². The summed E-state index contributed by atoms with van der Waals surface area (Å²) in [5, 5.41) is 0. The van der Waals surface area contributed by atoms with Crippen molar-refractivity contribution >= 4 is 15.8 Å². The van der Waals surface area contributed by atoms with Crippen molar-refractivity contribution in [2.24, 2.45) is 0 Å². The first-order valence-corrected chi connectivity index (χ1v) is 6.06. The molecule has 0 aliphatic heterocycles. The highest BCUT2D eigenvalue weighted by Crippen LogP contribution is 2.26. The van der Waals surface area contributed by atoms with Crippen LogP contribution in [0, 0.1) is 13.8 Å². The van der Waals surface area contributed by atoms with Gasteiger partial charge in [-0.25, -0.2) is 13.2 Å². The zero-order valence-corrected chi connectivity index (χ0v) is 9.77. The van der Waals surface area contributed by atoms with Crippen LogP contribution in [-0.4, -0.2) is 27.8 Å². The van der Waals surface area contributed by atoms with Gasteiger partial charge in [-0.05, 0) is 13.8 Å². The van der Waals surface area contributed by atoms with E-state index in [4.69, 9.17) is 4.42 Å². The third-order valence-electron chi connectivity index (χ3n) is 1.97. The summed E-state index contributed by atoms with van der Waals surface area (Å²) in [6.45, 7) is 3.02. The van der Waals surface area contributed by atoms with Gasteiger partial charge < -0.3 is 9.15 Å². The van der Waals surface area contributed by atoms with E-state index in [1.54, 1.807) is 0 Å². The lowest BCUT2D eigenvalue weighted by Crippen LogP contribution is -2.09. The van der Waals surface area contributed by atoms with Crippen LogP contribution in [0.2, 0.25) is 0 Å². The first-order chi connectivity index (χ1) is 6.79. The summed E-state index contributed by atoms with van der Waals surface area (Å²) < 4.78 is 32.5.